The number of benzene rings is 1. The molecule has 20 heavy (non-hydrogen) atoms. The van der Waals surface area contributed by atoms with E-state index in [1.807, 2.05) is 23.1 Å². The molecule has 1 amide bonds. The molecule has 0 radical (unpaired) electrons. The van der Waals surface area contributed by atoms with E-state index in [1.165, 1.54) is 18.4 Å². The average Bonchev–Trinajstić information content (AvgIpc) is 3.09. The van der Waals surface area contributed by atoms with Crippen molar-refractivity contribution >= 4 is 11.6 Å². The third-order valence-electron chi connectivity index (χ3n) is 4.34. The van der Waals surface area contributed by atoms with Crippen LogP contribution in [0.2, 0.25) is 0 Å². The number of hydrogen-bond acceptors (Lipinski definition) is 3. The average molecular weight is 274 g/mol. The molecule has 2 fully saturated rings. The first-order valence-corrected chi connectivity index (χ1v) is 7.49. The topological polar surface area (TPSA) is 43.8 Å². The molecule has 1 N–H and O–H groups in total. The number of hydrogen-bond donors (Lipinski definition) is 1. The molecule has 108 valence electrons. The zero-order valence-electron chi connectivity index (χ0n) is 11.8. The Labute approximate surface area is 120 Å². The van der Waals surface area contributed by atoms with Gasteiger partial charge in [-0.3, -0.25) is 9.69 Å². The maximum absolute atomic E-state index is 12.1. The molecule has 1 aromatic carbocycles. The standard InChI is InChI=1S/C16H22N2O2/c19-12-13-9-16(20)18(10-13)15-6-2-1-5-14(15)11-17-7-3-4-8-17/h1-2,5-6,13,19H,3-4,7-12H2. The summed E-state index contributed by atoms with van der Waals surface area (Å²) in [5.74, 6) is 0.222. The molecule has 1 aromatic rings. The van der Waals surface area contributed by atoms with E-state index in [-0.39, 0.29) is 18.4 Å². The van der Waals surface area contributed by atoms with Gasteiger partial charge >= 0.3 is 0 Å². The van der Waals surface area contributed by atoms with E-state index in [4.69, 9.17) is 0 Å². The number of nitrogens with zero attached hydrogens (tertiary/aromatic N) is 2. The molecule has 0 saturated carbocycles. The van der Waals surface area contributed by atoms with Crippen LogP contribution in [0.15, 0.2) is 24.3 Å². The first kappa shape index (κ1) is 13.6. The largest absolute Gasteiger partial charge is 0.396 e. The highest BCUT2D eigenvalue weighted by Crippen LogP contribution is 2.29. The van der Waals surface area contributed by atoms with Crippen molar-refractivity contribution in [2.24, 2.45) is 5.92 Å². The van der Waals surface area contributed by atoms with Crippen LogP contribution in [-0.2, 0) is 11.3 Å². The van der Waals surface area contributed by atoms with Crippen LogP contribution >= 0.6 is 0 Å². The first-order chi connectivity index (χ1) is 9.78. The Bertz CT molecular complexity index is 483. The van der Waals surface area contributed by atoms with Crippen LogP contribution in [-0.4, -0.2) is 42.2 Å². The summed E-state index contributed by atoms with van der Waals surface area (Å²) in [5.41, 5.74) is 2.25. The van der Waals surface area contributed by atoms with Gasteiger partial charge in [-0.25, -0.2) is 0 Å². The smallest absolute Gasteiger partial charge is 0.227 e. The molecule has 2 saturated heterocycles. The third-order valence-corrected chi connectivity index (χ3v) is 4.34. The summed E-state index contributed by atoms with van der Waals surface area (Å²) in [4.78, 5) is 16.4. The van der Waals surface area contributed by atoms with Crippen LogP contribution in [0.1, 0.15) is 24.8 Å². The van der Waals surface area contributed by atoms with Crippen molar-refractivity contribution < 1.29 is 9.90 Å². The van der Waals surface area contributed by atoms with E-state index >= 15 is 0 Å². The van der Waals surface area contributed by atoms with E-state index in [0.29, 0.717) is 13.0 Å². The van der Waals surface area contributed by atoms with Gasteiger partial charge in [0.25, 0.3) is 0 Å². The number of amides is 1. The second-order valence-corrected chi connectivity index (χ2v) is 5.87. The molecule has 2 aliphatic heterocycles. The molecule has 0 spiro atoms. The maximum Gasteiger partial charge on any atom is 0.227 e. The zero-order valence-corrected chi connectivity index (χ0v) is 11.8. The van der Waals surface area contributed by atoms with Gasteiger partial charge in [0.2, 0.25) is 5.91 Å². The third kappa shape index (κ3) is 2.72. The van der Waals surface area contributed by atoms with Gasteiger partial charge in [-0.1, -0.05) is 18.2 Å². The molecule has 1 unspecified atom stereocenters. The van der Waals surface area contributed by atoms with Gasteiger partial charge in [0.1, 0.15) is 0 Å². The molecule has 1 atom stereocenters. The normalized spacial score (nSPS) is 23.8. The van der Waals surface area contributed by atoms with Crippen LogP contribution < -0.4 is 4.90 Å². The summed E-state index contributed by atoms with van der Waals surface area (Å²) in [6.45, 7) is 3.97. The van der Waals surface area contributed by atoms with Crippen molar-refractivity contribution in [3.63, 3.8) is 0 Å². The van der Waals surface area contributed by atoms with Crippen LogP contribution in [0, 0.1) is 5.92 Å². The molecular weight excluding hydrogens is 252 g/mol. The van der Waals surface area contributed by atoms with Gasteiger partial charge < -0.3 is 10.0 Å². The summed E-state index contributed by atoms with van der Waals surface area (Å²) in [7, 11) is 0. The lowest BCUT2D eigenvalue weighted by Gasteiger charge is -2.23. The lowest BCUT2D eigenvalue weighted by Crippen LogP contribution is -2.27. The zero-order chi connectivity index (χ0) is 13.9. The Hall–Kier alpha value is -1.39. The molecular formula is C16H22N2O2. The first-order valence-electron chi connectivity index (χ1n) is 7.49. The van der Waals surface area contributed by atoms with E-state index < -0.39 is 0 Å². The molecule has 3 rings (SSSR count). The molecule has 4 nitrogen and oxygen atoms in total. The van der Waals surface area contributed by atoms with Crippen molar-refractivity contribution in [2.45, 2.75) is 25.8 Å². The highest BCUT2D eigenvalue weighted by atomic mass is 16.3. The highest BCUT2D eigenvalue weighted by Gasteiger charge is 2.31. The lowest BCUT2D eigenvalue weighted by molar-refractivity contribution is -0.117. The second kappa shape index (κ2) is 5.94. The Kier molecular flexibility index (Phi) is 4.03. The van der Waals surface area contributed by atoms with Crippen molar-refractivity contribution in [1.29, 1.82) is 0 Å². The van der Waals surface area contributed by atoms with Gasteiger partial charge in [-0.15, -0.1) is 0 Å². The van der Waals surface area contributed by atoms with Crippen molar-refractivity contribution in [2.75, 3.05) is 31.1 Å². The van der Waals surface area contributed by atoms with Gasteiger partial charge in [0.05, 0.1) is 0 Å². The fraction of sp³-hybridized carbons (Fsp3) is 0.562. The molecule has 2 heterocycles. The number of aliphatic hydroxyl groups excluding tert-OH is 1. The van der Waals surface area contributed by atoms with Gasteiger partial charge in [-0.05, 0) is 37.6 Å². The molecule has 0 aliphatic carbocycles. The van der Waals surface area contributed by atoms with Gasteiger partial charge in [-0.2, -0.15) is 0 Å². The van der Waals surface area contributed by atoms with Crippen LogP contribution in [0.25, 0.3) is 0 Å². The second-order valence-electron chi connectivity index (χ2n) is 5.87. The molecule has 4 heteroatoms. The minimum atomic E-state index is 0.0855. The number of carbonyl (C=O) groups excluding carboxylic acids is 1. The van der Waals surface area contributed by atoms with E-state index in [9.17, 15) is 9.90 Å². The Balaban J connectivity index is 1.80. The minimum Gasteiger partial charge on any atom is -0.396 e. The molecule has 0 bridgehead atoms. The summed E-state index contributed by atoms with van der Waals surface area (Å²) >= 11 is 0. The predicted octanol–water partition coefficient (Wildman–Crippen LogP) is 1.63. The molecule has 0 aromatic heterocycles. The van der Waals surface area contributed by atoms with Crippen molar-refractivity contribution in [3.05, 3.63) is 29.8 Å². The summed E-state index contributed by atoms with van der Waals surface area (Å²) in [6, 6.07) is 8.18. The highest BCUT2D eigenvalue weighted by molar-refractivity contribution is 5.96. The van der Waals surface area contributed by atoms with Crippen LogP contribution in [0.3, 0.4) is 0 Å². The summed E-state index contributed by atoms with van der Waals surface area (Å²) in [6.07, 6.45) is 3.02. The van der Waals surface area contributed by atoms with Gasteiger partial charge in [0.15, 0.2) is 0 Å². The number of anilines is 1. The fourth-order valence-electron chi connectivity index (χ4n) is 3.23. The minimum absolute atomic E-state index is 0.0855. The quantitative estimate of drug-likeness (QED) is 0.907. The lowest BCUT2D eigenvalue weighted by atomic mass is 10.1. The van der Waals surface area contributed by atoms with Crippen molar-refractivity contribution in [1.82, 2.24) is 4.90 Å². The molecule has 2 aliphatic rings. The van der Waals surface area contributed by atoms with Crippen LogP contribution in [0.5, 0.6) is 0 Å². The van der Waals surface area contributed by atoms with E-state index in [0.717, 1.165) is 25.3 Å². The number of carbonyl (C=O) groups is 1. The number of aliphatic hydroxyl groups is 1. The summed E-state index contributed by atoms with van der Waals surface area (Å²) in [5, 5.41) is 9.26. The Morgan fingerprint density at radius 2 is 1.95 bits per heavy atom. The predicted molar refractivity (Wildman–Crippen MR) is 78.5 cm³/mol. The van der Waals surface area contributed by atoms with E-state index in [1.54, 1.807) is 0 Å². The summed E-state index contributed by atoms with van der Waals surface area (Å²) < 4.78 is 0. The SMILES string of the molecule is O=C1CC(CO)CN1c1ccccc1CN1CCCC1. The van der Waals surface area contributed by atoms with Crippen LogP contribution in [0.4, 0.5) is 5.69 Å². The fourth-order valence-corrected chi connectivity index (χ4v) is 3.23. The maximum atomic E-state index is 12.1. The number of likely N-dealkylation sites (tertiary alicyclic amines) is 1. The van der Waals surface area contributed by atoms with Crippen molar-refractivity contribution in [3.8, 4) is 0 Å². The Morgan fingerprint density at radius 1 is 1.20 bits per heavy atom. The monoisotopic (exact) mass is 274 g/mol. The van der Waals surface area contributed by atoms with E-state index in [2.05, 4.69) is 11.0 Å². The Morgan fingerprint density at radius 3 is 2.65 bits per heavy atom. The number of para-hydroxylation sites is 1. The van der Waals surface area contributed by atoms with Gasteiger partial charge in [0, 0.05) is 37.7 Å². The number of rotatable bonds is 4.